The molecule has 1 heterocycles. The van der Waals surface area contributed by atoms with Crippen LogP contribution in [-0.4, -0.2) is 43.4 Å². The summed E-state index contributed by atoms with van der Waals surface area (Å²) in [5, 5.41) is 2.57. The predicted molar refractivity (Wildman–Crippen MR) is 101 cm³/mol. The van der Waals surface area contributed by atoms with Crippen LogP contribution in [0.4, 0.5) is 13.2 Å². The van der Waals surface area contributed by atoms with Crippen molar-refractivity contribution < 1.29 is 35.6 Å². The Kier molecular flexibility index (Phi) is 7.99. The summed E-state index contributed by atoms with van der Waals surface area (Å²) in [6.45, 7) is 2.98. The summed E-state index contributed by atoms with van der Waals surface area (Å²) in [4.78, 5) is 1.52. The topological polar surface area (TPSA) is 75.7 Å². The minimum Gasteiger partial charge on any atom is -0.741 e. The van der Waals surface area contributed by atoms with Crippen LogP contribution in [-0.2, 0) is 25.7 Å². The number of alkyl halides is 3. The van der Waals surface area contributed by atoms with Crippen molar-refractivity contribution in [3.8, 4) is 5.75 Å². The lowest BCUT2D eigenvalue weighted by molar-refractivity contribution is -0.0517. The van der Waals surface area contributed by atoms with E-state index >= 15 is 0 Å². The van der Waals surface area contributed by atoms with Crippen LogP contribution >= 0.6 is 0 Å². The number of hydrogen-bond donors (Lipinski definition) is 0. The highest BCUT2D eigenvalue weighted by Gasteiger charge is 2.37. The highest BCUT2D eigenvalue weighted by Crippen LogP contribution is 2.34. The Morgan fingerprint density at radius 2 is 1.64 bits per heavy atom. The van der Waals surface area contributed by atoms with Gasteiger partial charge in [0.1, 0.15) is 17.3 Å². The van der Waals surface area contributed by atoms with Crippen molar-refractivity contribution in [3.05, 3.63) is 36.4 Å². The van der Waals surface area contributed by atoms with Crippen molar-refractivity contribution >= 4 is 31.8 Å². The summed E-state index contributed by atoms with van der Waals surface area (Å²) < 4.78 is 70.0. The summed E-state index contributed by atoms with van der Waals surface area (Å²) in [5.74, 6) is 3.63. The maximum absolute atomic E-state index is 10.7. The first-order chi connectivity index (χ1) is 13.1. The molecule has 0 N–H and O–H groups in total. The molecule has 156 valence electrons. The van der Waals surface area contributed by atoms with Crippen LogP contribution in [0.5, 0.6) is 5.75 Å². The van der Waals surface area contributed by atoms with Crippen molar-refractivity contribution in [2.75, 3.05) is 24.9 Å². The van der Waals surface area contributed by atoms with E-state index in [0.29, 0.717) is 24.3 Å². The Hall–Kier alpha value is -1.49. The molecule has 1 fully saturated rings. The van der Waals surface area contributed by atoms with E-state index in [1.807, 2.05) is 6.92 Å². The van der Waals surface area contributed by atoms with E-state index in [1.165, 1.54) is 40.0 Å². The Bertz CT molecular complexity index is 878. The number of halogens is 3. The summed E-state index contributed by atoms with van der Waals surface area (Å²) >= 11 is 0. The molecule has 2 aromatic carbocycles. The van der Waals surface area contributed by atoms with Crippen LogP contribution in [0.2, 0.25) is 0 Å². The third kappa shape index (κ3) is 6.00. The molecule has 1 aliphatic heterocycles. The van der Waals surface area contributed by atoms with Gasteiger partial charge in [-0.05, 0) is 38.0 Å². The van der Waals surface area contributed by atoms with Gasteiger partial charge in [-0.3, -0.25) is 0 Å². The quantitative estimate of drug-likeness (QED) is 0.232. The molecule has 10 heteroatoms. The maximum Gasteiger partial charge on any atom is 0.485 e. The average Bonchev–Trinajstić information content (AvgIpc) is 3.15. The zero-order valence-electron chi connectivity index (χ0n) is 15.2. The van der Waals surface area contributed by atoms with Crippen molar-refractivity contribution in [1.29, 1.82) is 0 Å². The molecule has 0 atom stereocenters. The summed E-state index contributed by atoms with van der Waals surface area (Å²) in [6, 6.07) is 13.0. The molecule has 1 saturated heterocycles. The van der Waals surface area contributed by atoms with E-state index in [2.05, 4.69) is 36.4 Å². The first kappa shape index (κ1) is 22.8. The molecule has 0 radical (unpaired) electrons. The van der Waals surface area contributed by atoms with E-state index in [9.17, 15) is 13.2 Å². The monoisotopic (exact) mass is 438 g/mol. The van der Waals surface area contributed by atoms with Crippen LogP contribution in [0.1, 0.15) is 19.8 Å². The first-order valence-corrected chi connectivity index (χ1v) is 11.5. The molecule has 0 spiro atoms. The minimum absolute atomic E-state index is 0.325. The third-order valence-electron chi connectivity index (χ3n) is 3.97. The lowest BCUT2D eigenvalue weighted by Gasteiger charge is -2.11. The Balaban J connectivity index is 0.000000300. The summed E-state index contributed by atoms with van der Waals surface area (Å²) in [6.07, 6.45) is 2.75. The second kappa shape index (κ2) is 9.82. The van der Waals surface area contributed by atoms with Gasteiger partial charge in [0, 0.05) is 28.3 Å². The number of benzene rings is 2. The van der Waals surface area contributed by atoms with Crippen molar-refractivity contribution in [1.82, 2.24) is 0 Å². The molecule has 28 heavy (non-hydrogen) atoms. The van der Waals surface area contributed by atoms with Crippen LogP contribution in [0, 0.1) is 0 Å². The zero-order chi connectivity index (χ0) is 20.8. The van der Waals surface area contributed by atoms with Crippen LogP contribution in [0.25, 0.3) is 10.8 Å². The Labute approximate surface area is 164 Å². The highest BCUT2D eigenvalue weighted by atomic mass is 32.2. The average molecular weight is 438 g/mol. The van der Waals surface area contributed by atoms with E-state index in [1.54, 1.807) is 0 Å². The fourth-order valence-electron chi connectivity index (χ4n) is 2.68. The van der Waals surface area contributed by atoms with Crippen LogP contribution in [0.15, 0.2) is 41.3 Å². The standard InChI is InChI=1S/C17H21O2S.CHF3O3S/c1-2-18-13-19-16-9-10-17(20-11-5-6-12-20)15-8-4-3-7-14(15)16;2-1(3,4)8(5,6)7/h3-4,7-10H,2,5-6,11-13H2,1H3;(H,5,6,7)/q+1;/p-1. The summed E-state index contributed by atoms with van der Waals surface area (Å²) in [7, 11) is -5.66. The zero-order valence-corrected chi connectivity index (χ0v) is 16.8. The highest BCUT2D eigenvalue weighted by molar-refractivity contribution is 7.97. The fourth-order valence-corrected chi connectivity index (χ4v) is 5.18. The van der Waals surface area contributed by atoms with Crippen LogP contribution in [0.3, 0.4) is 0 Å². The minimum atomic E-state index is -6.09. The summed E-state index contributed by atoms with van der Waals surface area (Å²) in [5.41, 5.74) is -5.65. The SMILES string of the molecule is CCOCOc1ccc([S+]2CCCC2)c2ccccc12.O=S(=O)([O-])C(F)(F)F. The van der Waals surface area contributed by atoms with Gasteiger partial charge in [0.25, 0.3) is 0 Å². The normalized spacial score (nSPS) is 15.3. The molecule has 3 rings (SSSR count). The van der Waals surface area contributed by atoms with Gasteiger partial charge in [-0.1, -0.05) is 18.2 Å². The number of fused-ring (bicyclic) bond motifs is 1. The van der Waals surface area contributed by atoms with Gasteiger partial charge in [0.15, 0.2) is 21.8 Å². The Morgan fingerprint density at radius 3 is 2.18 bits per heavy atom. The van der Waals surface area contributed by atoms with Crippen molar-refractivity contribution in [2.24, 2.45) is 0 Å². The van der Waals surface area contributed by atoms with Gasteiger partial charge in [-0.25, -0.2) is 8.42 Å². The number of ether oxygens (including phenoxy) is 2. The molecule has 0 bridgehead atoms. The molecule has 2 aromatic rings. The molecule has 5 nitrogen and oxygen atoms in total. The van der Waals surface area contributed by atoms with Crippen molar-refractivity contribution in [3.63, 3.8) is 0 Å². The molecule has 0 saturated carbocycles. The first-order valence-electron chi connectivity index (χ1n) is 8.57. The third-order valence-corrected chi connectivity index (χ3v) is 7.08. The molecule has 0 unspecified atom stereocenters. The van der Waals surface area contributed by atoms with E-state index in [4.69, 9.17) is 22.4 Å². The van der Waals surface area contributed by atoms with Crippen LogP contribution < -0.4 is 4.74 Å². The van der Waals surface area contributed by atoms with Gasteiger partial charge in [0.2, 0.25) is 0 Å². The fraction of sp³-hybridized carbons (Fsp3) is 0.444. The lowest BCUT2D eigenvalue weighted by atomic mass is 10.1. The van der Waals surface area contributed by atoms with Gasteiger partial charge in [-0.15, -0.1) is 0 Å². The number of rotatable bonds is 5. The maximum atomic E-state index is 10.7. The van der Waals surface area contributed by atoms with E-state index in [-0.39, 0.29) is 0 Å². The van der Waals surface area contributed by atoms with Gasteiger partial charge in [0.05, 0.1) is 0 Å². The molecular weight excluding hydrogens is 417 g/mol. The Morgan fingerprint density at radius 1 is 1.07 bits per heavy atom. The molecule has 1 aliphatic rings. The largest absolute Gasteiger partial charge is 0.741 e. The predicted octanol–water partition coefficient (Wildman–Crippen LogP) is 4.04. The molecular formula is C18H21F3O5S2. The molecule has 0 aromatic heterocycles. The molecule has 0 amide bonds. The van der Waals surface area contributed by atoms with E-state index in [0.717, 1.165) is 5.75 Å². The molecule has 0 aliphatic carbocycles. The number of hydrogen-bond acceptors (Lipinski definition) is 5. The van der Waals surface area contributed by atoms with Gasteiger partial charge < -0.3 is 14.0 Å². The smallest absolute Gasteiger partial charge is 0.485 e. The second-order valence-electron chi connectivity index (χ2n) is 5.87. The lowest BCUT2D eigenvalue weighted by Crippen LogP contribution is -2.21. The van der Waals surface area contributed by atoms with Gasteiger partial charge in [-0.2, -0.15) is 13.2 Å². The van der Waals surface area contributed by atoms with Gasteiger partial charge >= 0.3 is 5.51 Å². The second-order valence-corrected chi connectivity index (χ2v) is 9.48. The van der Waals surface area contributed by atoms with E-state index < -0.39 is 15.6 Å². The van der Waals surface area contributed by atoms with Crippen molar-refractivity contribution in [2.45, 2.75) is 30.2 Å².